The van der Waals surface area contributed by atoms with Gasteiger partial charge in [-0.1, -0.05) is 19.9 Å². The number of carbonyl (C=O) groups is 2. The Morgan fingerprint density at radius 3 is 2.45 bits per heavy atom. The van der Waals surface area contributed by atoms with Crippen molar-refractivity contribution in [2.45, 2.75) is 39.2 Å². The van der Waals surface area contributed by atoms with Crippen molar-refractivity contribution < 1.29 is 28.5 Å². The molecule has 2 aromatic rings. The van der Waals surface area contributed by atoms with Crippen molar-refractivity contribution in [1.29, 1.82) is 0 Å². The maximum absolute atomic E-state index is 12.5. The van der Waals surface area contributed by atoms with E-state index in [9.17, 15) is 9.59 Å². The second-order valence-corrected chi connectivity index (χ2v) is 8.28. The van der Waals surface area contributed by atoms with Crippen LogP contribution in [0.5, 0.6) is 17.2 Å². The van der Waals surface area contributed by atoms with E-state index in [2.05, 4.69) is 24.7 Å². The fourth-order valence-corrected chi connectivity index (χ4v) is 3.28. The lowest BCUT2D eigenvalue weighted by Crippen LogP contribution is -2.41. The normalized spacial score (nSPS) is 15.2. The summed E-state index contributed by atoms with van der Waals surface area (Å²) in [5.41, 5.74) is 5.55. The van der Waals surface area contributed by atoms with Gasteiger partial charge >= 0.3 is 0 Å². The molecular formula is C25H32N2O6. The molecule has 0 bridgehead atoms. The Bertz CT molecular complexity index is 940. The monoisotopic (exact) mass is 456 g/mol. The third-order valence-electron chi connectivity index (χ3n) is 5.22. The predicted molar refractivity (Wildman–Crippen MR) is 124 cm³/mol. The number of hydrogen-bond donors (Lipinski definition) is 2. The maximum Gasteiger partial charge on any atom is 0.269 e. The lowest BCUT2D eigenvalue weighted by molar-refractivity contribution is 0.0679. The van der Waals surface area contributed by atoms with Gasteiger partial charge < -0.3 is 18.9 Å². The van der Waals surface area contributed by atoms with Crippen molar-refractivity contribution in [3.8, 4) is 17.2 Å². The molecule has 1 atom stereocenters. The molecule has 1 fully saturated rings. The largest absolute Gasteiger partial charge is 0.493 e. The molecule has 1 aliphatic rings. The molecule has 8 heteroatoms. The molecule has 1 heterocycles. The van der Waals surface area contributed by atoms with Crippen LogP contribution in [0, 0.1) is 5.92 Å². The molecule has 3 rings (SSSR count). The molecule has 0 unspecified atom stereocenters. The van der Waals surface area contributed by atoms with E-state index in [1.807, 2.05) is 0 Å². The van der Waals surface area contributed by atoms with Gasteiger partial charge in [0.2, 0.25) is 0 Å². The highest BCUT2D eigenvalue weighted by Gasteiger charge is 2.17. The first kappa shape index (κ1) is 24.4. The first-order valence-corrected chi connectivity index (χ1v) is 11.2. The van der Waals surface area contributed by atoms with E-state index in [-0.39, 0.29) is 6.10 Å². The minimum Gasteiger partial charge on any atom is -0.493 e. The zero-order valence-electron chi connectivity index (χ0n) is 19.4. The second kappa shape index (κ2) is 12.1. The number of carbonyl (C=O) groups excluding carboxylic acids is 2. The van der Waals surface area contributed by atoms with E-state index < -0.39 is 11.8 Å². The molecule has 0 spiro atoms. The summed E-state index contributed by atoms with van der Waals surface area (Å²) in [5, 5.41) is 0. The van der Waals surface area contributed by atoms with E-state index in [1.165, 1.54) is 7.11 Å². The number of methoxy groups -OCH3 is 1. The molecule has 2 N–H and O–H groups in total. The van der Waals surface area contributed by atoms with Gasteiger partial charge in [-0.2, -0.15) is 0 Å². The van der Waals surface area contributed by atoms with Gasteiger partial charge in [0, 0.05) is 17.7 Å². The Morgan fingerprint density at radius 2 is 1.79 bits per heavy atom. The highest BCUT2D eigenvalue weighted by Crippen LogP contribution is 2.28. The molecule has 2 aromatic carbocycles. The third-order valence-corrected chi connectivity index (χ3v) is 5.22. The Labute approximate surface area is 194 Å². The van der Waals surface area contributed by atoms with Crippen LogP contribution in [0.2, 0.25) is 0 Å². The van der Waals surface area contributed by atoms with Crippen molar-refractivity contribution in [3.05, 3.63) is 53.6 Å². The van der Waals surface area contributed by atoms with E-state index in [0.717, 1.165) is 25.9 Å². The van der Waals surface area contributed by atoms with Crippen molar-refractivity contribution >= 4 is 11.8 Å². The molecule has 1 saturated heterocycles. The van der Waals surface area contributed by atoms with E-state index >= 15 is 0 Å². The molecule has 0 radical (unpaired) electrons. The first-order valence-electron chi connectivity index (χ1n) is 11.2. The van der Waals surface area contributed by atoms with Gasteiger partial charge in [-0.05, 0) is 61.6 Å². The quantitative estimate of drug-likeness (QED) is 0.529. The molecule has 0 aromatic heterocycles. The summed E-state index contributed by atoms with van der Waals surface area (Å²) in [6.45, 7) is 6.01. The number of hydrogen-bond acceptors (Lipinski definition) is 6. The number of benzene rings is 2. The zero-order chi connectivity index (χ0) is 23.6. The number of rotatable bonds is 10. The van der Waals surface area contributed by atoms with Crippen molar-refractivity contribution in [2.75, 3.05) is 26.9 Å². The van der Waals surface area contributed by atoms with Crippen molar-refractivity contribution in [3.63, 3.8) is 0 Å². The number of amides is 2. The summed E-state index contributed by atoms with van der Waals surface area (Å²) in [6, 6.07) is 11.7. The summed E-state index contributed by atoms with van der Waals surface area (Å²) >= 11 is 0. The SMILES string of the molecule is COc1cc(C(=O)NNC(=O)c2cccc(OC[C@@H]3CCCO3)c2)ccc1OCCC(C)C. The van der Waals surface area contributed by atoms with Gasteiger partial charge in [-0.15, -0.1) is 0 Å². The van der Waals surface area contributed by atoms with Gasteiger partial charge in [0.05, 0.1) is 19.8 Å². The smallest absolute Gasteiger partial charge is 0.269 e. The molecule has 1 aliphatic heterocycles. The van der Waals surface area contributed by atoms with Gasteiger partial charge in [-0.3, -0.25) is 20.4 Å². The van der Waals surface area contributed by atoms with Gasteiger partial charge in [0.25, 0.3) is 11.8 Å². The fraction of sp³-hybridized carbons (Fsp3) is 0.440. The van der Waals surface area contributed by atoms with Crippen molar-refractivity contribution in [2.24, 2.45) is 5.92 Å². The van der Waals surface area contributed by atoms with Crippen LogP contribution in [0.1, 0.15) is 53.8 Å². The lowest BCUT2D eigenvalue weighted by atomic mass is 10.1. The summed E-state index contributed by atoms with van der Waals surface area (Å²) in [4.78, 5) is 25.0. The van der Waals surface area contributed by atoms with Crippen molar-refractivity contribution in [1.82, 2.24) is 10.9 Å². The Kier molecular flexibility index (Phi) is 8.95. The highest BCUT2D eigenvalue weighted by molar-refractivity contribution is 5.99. The van der Waals surface area contributed by atoms with Crippen LogP contribution in [0.4, 0.5) is 0 Å². The van der Waals surface area contributed by atoms with Crippen LogP contribution in [0.25, 0.3) is 0 Å². The van der Waals surface area contributed by atoms with E-state index in [1.54, 1.807) is 42.5 Å². The molecule has 0 saturated carbocycles. The number of ether oxygens (including phenoxy) is 4. The van der Waals surface area contributed by atoms with Crippen LogP contribution < -0.4 is 25.1 Å². The fourth-order valence-electron chi connectivity index (χ4n) is 3.28. The summed E-state index contributed by atoms with van der Waals surface area (Å²) in [7, 11) is 1.52. The molecular weight excluding hydrogens is 424 g/mol. The summed E-state index contributed by atoms with van der Waals surface area (Å²) in [6.07, 6.45) is 3.02. The highest BCUT2D eigenvalue weighted by atomic mass is 16.5. The Balaban J connectivity index is 1.53. The third kappa shape index (κ3) is 7.39. The number of hydrazine groups is 1. The Hall–Kier alpha value is -3.26. The van der Waals surface area contributed by atoms with Crippen LogP contribution in [-0.2, 0) is 4.74 Å². The zero-order valence-corrected chi connectivity index (χ0v) is 19.4. The molecule has 8 nitrogen and oxygen atoms in total. The van der Waals surface area contributed by atoms with Gasteiger partial charge in [-0.25, -0.2) is 0 Å². The predicted octanol–water partition coefficient (Wildman–Crippen LogP) is 3.75. The number of nitrogens with one attached hydrogen (secondary N) is 2. The minimum absolute atomic E-state index is 0.0887. The lowest BCUT2D eigenvalue weighted by Gasteiger charge is -2.14. The average molecular weight is 457 g/mol. The first-order chi connectivity index (χ1) is 16.0. The standard InChI is InChI=1S/C25H32N2O6/c1-17(2)11-13-32-22-10-9-19(15-23(22)30-3)25(29)27-26-24(28)18-6-4-7-20(14-18)33-16-21-8-5-12-31-21/h4,6-7,9-10,14-15,17,21H,5,8,11-13,16H2,1-3H3,(H,26,28)(H,27,29)/t21-/m0/s1. The maximum atomic E-state index is 12.5. The van der Waals surface area contributed by atoms with E-state index in [4.69, 9.17) is 18.9 Å². The van der Waals surface area contributed by atoms with Gasteiger partial charge in [0.15, 0.2) is 11.5 Å². The summed E-state index contributed by atoms with van der Waals surface area (Å²) in [5.74, 6) is 1.19. The summed E-state index contributed by atoms with van der Waals surface area (Å²) < 4.78 is 22.4. The van der Waals surface area contributed by atoms with Gasteiger partial charge in [0.1, 0.15) is 12.4 Å². The molecule has 178 valence electrons. The average Bonchev–Trinajstić information content (AvgIpc) is 3.35. The van der Waals surface area contributed by atoms with Crippen LogP contribution >= 0.6 is 0 Å². The minimum atomic E-state index is -0.471. The molecule has 0 aliphatic carbocycles. The second-order valence-electron chi connectivity index (χ2n) is 8.28. The van der Waals surface area contributed by atoms with Crippen LogP contribution in [0.15, 0.2) is 42.5 Å². The topological polar surface area (TPSA) is 95.1 Å². The Morgan fingerprint density at radius 1 is 1.03 bits per heavy atom. The van der Waals surface area contributed by atoms with Crippen LogP contribution in [0.3, 0.4) is 0 Å². The molecule has 2 amide bonds. The van der Waals surface area contributed by atoms with Crippen LogP contribution in [-0.4, -0.2) is 44.8 Å². The van der Waals surface area contributed by atoms with E-state index in [0.29, 0.717) is 47.5 Å². The molecule has 33 heavy (non-hydrogen) atoms.